The molecule has 0 aliphatic carbocycles. The van der Waals surface area contributed by atoms with Crippen LogP contribution < -0.4 is 10.6 Å². The van der Waals surface area contributed by atoms with Crippen LogP contribution in [0.25, 0.3) is 0 Å². The molecule has 1 fully saturated rings. The Balaban J connectivity index is 1.91. The third-order valence-corrected chi connectivity index (χ3v) is 6.69. The third kappa shape index (κ3) is 6.64. The first-order valence-electron chi connectivity index (χ1n) is 11.7. The van der Waals surface area contributed by atoms with Crippen molar-refractivity contribution in [2.75, 3.05) is 13.2 Å². The predicted octanol–water partition coefficient (Wildman–Crippen LogP) is 7.29. The maximum atomic E-state index is 13.3. The Morgan fingerprint density at radius 1 is 1.00 bits per heavy atom. The summed E-state index contributed by atoms with van der Waals surface area (Å²) in [7, 11) is 0. The van der Waals surface area contributed by atoms with E-state index >= 15 is 0 Å². The highest BCUT2D eigenvalue weighted by Crippen LogP contribution is 2.38. The molecule has 3 rings (SSSR count). The van der Waals surface area contributed by atoms with E-state index in [4.69, 9.17) is 4.74 Å². The molecule has 2 aromatic rings. The van der Waals surface area contributed by atoms with Crippen molar-refractivity contribution in [3.63, 3.8) is 0 Å². The average molecular weight is 525 g/mol. The lowest BCUT2D eigenvalue weighted by atomic mass is 9.88. The highest BCUT2D eigenvalue weighted by atomic mass is 19.4. The maximum Gasteiger partial charge on any atom is 0.416 e. The number of halogens is 6. The zero-order valence-corrected chi connectivity index (χ0v) is 20.5. The first-order valence-corrected chi connectivity index (χ1v) is 11.7. The molecular formula is C28H30F6N2O. The molecule has 200 valence electrons. The maximum absolute atomic E-state index is 13.3. The lowest BCUT2D eigenvalue weighted by molar-refractivity contribution is -0.143. The fourth-order valence-corrected chi connectivity index (χ4v) is 4.31. The molecule has 3 atom stereocenters. The third-order valence-electron chi connectivity index (χ3n) is 6.69. The molecule has 0 saturated carbocycles. The predicted molar refractivity (Wildman–Crippen MR) is 132 cm³/mol. The Labute approximate surface area is 212 Å². The lowest BCUT2D eigenvalue weighted by Gasteiger charge is -2.37. The summed E-state index contributed by atoms with van der Waals surface area (Å²) in [5.41, 5.74) is -2.83. The molecule has 0 unspecified atom stereocenters. The van der Waals surface area contributed by atoms with Gasteiger partial charge >= 0.3 is 12.4 Å². The van der Waals surface area contributed by atoms with E-state index in [1.165, 1.54) is 6.92 Å². The van der Waals surface area contributed by atoms with Gasteiger partial charge in [-0.2, -0.15) is 26.3 Å². The van der Waals surface area contributed by atoms with Gasteiger partial charge in [-0.3, -0.25) is 5.32 Å². The van der Waals surface area contributed by atoms with Crippen LogP contribution in [0.5, 0.6) is 0 Å². The smallest absolute Gasteiger partial charge is 0.379 e. The van der Waals surface area contributed by atoms with Crippen molar-refractivity contribution >= 4 is 0 Å². The van der Waals surface area contributed by atoms with Gasteiger partial charge in [0.1, 0.15) is 0 Å². The molecule has 1 heterocycles. The van der Waals surface area contributed by atoms with Crippen molar-refractivity contribution in [3.05, 3.63) is 108 Å². The van der Waals surface area contributed by atoms with Gasteiger partial charge < -0.3 is 10.1 Å². The summed E-state index contributed by atoms with van der Waals surface area (Å²) >= 11 is 0. The van der Waals surface area contributed by atoms with E-state index < -0.39 is 40.7 Å². The quantitative estimate of drug-likeness (QED) is 0.253. The van der Waals surface area contributed by atoms with Crippen molar-refractivity contribution in [2.24, 2.45) is 0 Å². The monoisotopic (exact) mass is 524 g/mol. The number of rotatable bonds is 10. The van der Waals surface area contributed by atoms with Crippen molar-refractivity contribution in [2.45, 2.75) is 49.3 Å². The number of ether oxygens (including phenoxy) is 1. The van der Waals surface area contributed by atoms with Crippen LogP contribution in [0.1, 0.15) is 48.1 Å². The van der Waals surface area contributed by atoms with Crippen LogP contribution in [0.15, 0.2) is 86.1 Å². The van der Waals surface area contributed by atoms with Gasteiger partial charge in [0.15, 0.2) is 0 Å². The van der Waals surface area contributed by atoms with Gasteiger partial charge in [0.25, 0.3) is 0 Å². The summed E-state index contributed by atoms with van der Waals surface area (Å²) in [6.07, 6.45) is -6.01. The number of allylic oxidation sites excluding steroid dienone is 1. The normalized spacial score (nSPS) is 20.7. The highest BCUT2D eigenvalue weighted by molar-refractivity contribution is 5.35. The first kappa shape index (κ1) is 28.5. The topological polar surface area (TPSA) is 33.3 Å². The molecule has 1 aliphatic rings. The van der Waals surface area contributed by atoms with E-state index in [0.717, 1.165) is 24.1 Å². The number of hydrogen-bond acceptors (Lipinski definition) is 3. The summed E-state index contributed by atoms with van der Waals surface area (Å²) in [5.74, 6) is 0. The Hall–Kier alpha value is -3.04. The zero-order chi connectivity index (χ0) is 27.5. The summed E-state index contributed by atoms with van der Waals surface area (Å²) in [6.45, 7) is 13.6. The van der Waals surface area contributed by atoms with Crippen LogP contribution in [-0.4, -0.2) is 18.7 Å². The van der Waals surface area contributed by atoms with E-state index in [2.05, 4.69) is 30.4 Å². The second kappa shape index (κ2) is 10.8. The van der Waals surface area contributed by atoms with Crippen LogP contribution in [0.2, 0.25) is 0 Å². The second-order valence-corrected chi connectivity index (χ2v) is 9.28. The largest absolute Gasteiger partial charge is 0.416 e. The molecule has 0 radical (unpaired) electrons. The second-order valence-electron chi connectivity index (χ2n) is 9.28. The molecule has 0 amide bonds. The van der Waals surface area contributed by atoms with E-state index in [1.54, 1.807) is 12.2 Å². The molecule has 2 N–H and O–H groups in total. The van der Waals surface area contributed by atoms with E-state index in [-0.39, 0.29) is 18.2 Å². The van der Waals surface area contributed by atoms with E-state index in [1.807, 2.05) is 30.3 Å². The minimum Gasteiger partial charge on any atom is -0.379 e. The minimum atomic E-state index is -4.94. The van der Waals surface area contributed by atoms with Crippen LogP contribution in [0.3, 0.4) is 0 Å². The Morgan fingerprint density at radius 3 is 2.05 bits per heavy atom. The summed E-state index contributed by atoms with van der Waals surface area (Å²) in [6, 6.07) is 10.6. The van der Waals surface area contributed by atoms with Gasteiger partial charge in [-0.1, -0.05) is 49.1 Å². The Kier molecular flexibility index (Phi) is 8.29. The summed E-state index contributed by atoms with van der Waals surface area (Å²) in [5, 5.41) is 6.79. The molecule has 2 aromatic carbocycles. The number of hydrogen-bond donors (Lipinski definition) is 2. The minimum absolute atomic E-state index is 0.104. The van der Waals surface area contributed by atoms with Crippen molar-refractivity contribution < 1.29 is 31.1 Å². The van der Waals surface area contributed by atoms with Gasteiger partial charge in [0, 0.05) is 12.2 Å². The zero-order valence-electron chi connectivity index (χ0n) is 20.5. The summed E-state index contributed by atoms with van der Waals surface area (Å²) in [4.78, 5) is 0. The summed E-state index contributed by atoms with van der Waals surface area (Å²) < 4.78 is 86.0. The van der Waals surface area contributed by atoms with Crippen LogP contribution in [-0.2, 0) is 22.6 Å². The fraction of sp³-hybridized carbons (Fsp3) is 0.357. The van der Waals surface area contributed by atoms with Crippen LogP contribution >= 0.6 is 0 Å². The number of nitrogens with one attached hydrogen (secondary N) is 2. The molecule has 3 nitrogen and oxygen atoms in total. The molecule has 0 spiro atoms. The average Bonchev–Trinajstić information content (AvgIpc) is 3.24. The van der Waals surface area contributed by atoms with Gasteiger partial charge in [-0.15, -0.1) is 13.2 Å². The highest BCUT2D eigenvalue weighted by Gasteiger charge is 2.39. The fourth-order valence-electron chi connectivity index (χ4n) is 4.31. The molecular weight excluding hydrogens is 494 g/mol. The van der Waals surface area contributed by atoms with E-state index in [0.29, 0.717) is 18.7 Å². The number of benzene rings is 2. The van der Waals surface area contributed by atoms with Gasteiger partial charge in [-0.05, 0) is 49.1 Å². The molecule has 1 aliphatic heterocycles. The first-order chi connectivity index (χ1) is 17.2. The molecule has 37 heavy (non-hydrogen) atoms. The standard InChI is InChI=1S/C28H30F6N2O/c1-5-25(13-12-19(3)36-25)17-35-26(6-2,22-10-8-7-9-11-22)18-37-20(4)21-14-23(27(29,30)31)16-24(15-21)28(32,33)34/h5-11,14-16,20,35-36H,1-3,12-13,17-18H2,4H3/t20-,25+,26-/m1/s1. The van der Waals surface area contributed by atoms with Crippen molar-refractivity contribution in [1.29, 1.82) is 0 Å². The van der Waals surface area contributed by atoms with Gasteiger partial charge in [-0.25, -0.2) is 0 Å². The molecule has 9 heteroatoms. The van der Waals surface area contributed by atoms with Gasteiger partial charge in [0.05, 0.1) is 34.9 Å². The van der Waals surface area contributed by atoms with Crippen LogP contribution in [0, 0.1) is 0 Å². The van der Waals surface area contributed by atoms with E-state index in [9.17, 15) is 26.3 Å². The van der Waals surface area contributed by atoms with Crippen LogP contribution in [0.4, 0.5) is 26.3 Å². The Bertz CT molecular complexity index is 1100. The van der Waals surface area contributed by atoms with Crippen molar-refractivity contribution in [1.82, 2.24) is 10.6 Å². The molecule has 1 saturated heterocycles. The molecule has 0 bridgehead atoms. The van der Waals surface area contributed by atoms with Gasteiger partial charge in [0.2, 0.25) is 0 Å². The molecule has 0 aromatic heterocycles. The van der Waals surface area contributed by atoms with Crippen molar-refractivity contribution in [3.8, 4) is 0 Å². The Morgan fingerprint density at radius 2 is 1.59 bits per heavy atom. The SMILES string of the molecule is C=C[C@@]1(CN[C@](C=C)(CO[C@H](C)c2cc(C(F)(F)F)cc(C(F)(F)F)c2)c2ccccc2)CCC(=C)N1. The lowest BCUT2D eigenvalue weighted by Crippen LogP contribution is -2.54. The number of alkyl halides is 6.